The van der Waals surface area contributed by atoms with Crippen molar-refractivity contribution in [3.63, 3.8) is 0 Å². The fourth-order valence-electron chi connectivity index (χ4n) is 6.74. The number of aliphatic carboxylic acids is 2. The van der Waals surface area contributed by atoms with Crippen LogP contribution in [0, 0.1) is 16.2 Å². The molecule has 4 rings (SSSR count). The first-order valence-corrected chi connectivity index (χ1v) is 8.26. The van der Waals surface area contributed by atoms with Gasteiger partial charge in [0, 0.05) is 18.9 Å². The van der Waals surface area contributed by atoms with Crippen LogP contribution < -0.4 is 5.32 Å². The molecule has 1 amide bonds. The molecule has 0 radical (unpaired) electrons. The third-order valence-corrected chi connectivity index (χ3v) is 6.20. The predicted molar refractivity (Wildman–Crippen MR) is 81.7 cm³/mol. The molecule has 4 aliphatic rings. The minimum absolute atomic E-state index is 0.0575. The number of carbonyl (C=O) groups is 3. The topological polar surface area (TPSA) is 104 Å². The summed E-state index contributed by atoms with van der Waals surface area (Å²) in [6.07, 6.45) is 4.56. The Morgan fingerprint density at radius 3 is 2.26 bits per heavy atom. The quantitative estimate of drug-likeness (QED) is 0.719. The standard InChI is InChI=1S/C17H25NO5/c1-11(19)18-17-7-14(2)5-15(9-17,4-3-12(20)21)8-16(6-14,10-17)13(22)23/h3-10H2,1-2H3,(H,18,19)(H,20,21)(H,22,23)/t14-,15+,16+,17-/m1/s1. The van der Waals surface area contributed by atoms with Crippen molar-refractivity contribution in [3.8, 4) is 0 Å². The van der Waals surface area contributed by atoms with Crippen LogP contribution in [-0.2, 0) is 14.4 Å². The average molecular weight is 323 g/mol. The Kier molecular flexibility index (Phi) is 3.33. The largest absolute Gasteiger partial charge is 0.481 e. The molecule has 0 spiro atoms. The Morgan fingerprint density at radius 2 is 1.70 bits per heavy atom. The van der Waals surface area contributed by atoms with Crippen molar-refractivity contribution in [1.82, 2.24) is 5.32 Å². The molecule has 3 N–H and O–H groups in total. The van der Waals surface area contributed by atoms with E-state index < -0.39 is 22.9 Å². The van der Waals surface area contributed by atoms with Gasteiger partial charge in [-0.3, -0.25) is 14.4 Å². The Labute approximate surface area is 135 Å². The number of hydrogen-bond donors (Lipinski definition) is 3. The number of carboxylic acid groups (broad SMARTS) is 2. The van der Waals surface area contributed by atoms with Crippen molar-refractivity contribution < 1.29 is 24.6 Å². The Balaban J connectivity index is 2.01. The lowest BCUT2D eigenvalue weighted by atomic mass is 9.37. The number of carbonyl (C=O) groups excluding carboxylic acids is 1. The Morgan fingerprint density at radius 1 is 1.00 bits per heavy atom. The van der Waals surface area contributed by atoms with Crippen molar-refractivity contribution in [2.24, 2.45) is 16.2 Å². The summed E-state index contributed by atoms with van der Waals surface area (Å²) in [7, 11) is 0. The van der Waals surface area contributed by atoms with Crippen LogP contribution in [-0.4, -0.2) is 33.6 Å². The predicted octanol–water partition coefficient (Wildman–Crippen LogP) is 2.17. The molecule has 0 unspecified atom stereocenters. The SMILES string of the molecule is CC(=O)N[C@]12C[C@]3(C)C[C@](CCC(=O)O)(C1)C[C@@](C(=O)O)(C3)C2. The van der Waals surface area contributed by atoms with E-state index in [0.717, 1.165) is 12.8 Å². The van der Waals surface area contributed by atoms with E-state index in [1.54, 1.807) is 0 Å². The molecule has 23 heavy (non-hydrogen) atoms. The second kappa shape index (κ2) is 4.71. The van der Waals surface area contributed by atoms with E-state index in [-0.39, 0.29) is 23.2 Å². The maximum Gasteiger partial charge on any atom is 0.309 e. The van der Waals surface area contributed by atoms with Crippen LogP contribution in [0.1, 0.15) is 65.2 Å². The summed E-state index contributed by atoms with van der Waals surface area (Å²) >= 11 is 0. The first-order valence-electron chi connectivity index (χ1n) is 8.26. The fourth-order valence-corrected chi connectivity index (χ4v) is 6.74. The molecule has 4 atom stereocenters. The van der Waals surface area contributed by atoms with Gasteiger partial charge in [-0.15, -0.1) is 0 Å². The smallest absolute Gasteiger partial charge is 0.309 e. The summed E-state index contributed by atoms with van der Waals surface area (Å²) in [4.78, 5) is 34.9. The zero-order chi connectivity index (χ0) is 17.1. The molecule has 128 valence electrons. The highest BCUT2D eigenvalue weighted by Crippen LogP contribution is 2.72. The van der Waals surface area contributed by atoms with E-state index in [4.69, 9.17) is 5.11 Å². The third kappa shape index (κ3) is 2.62. The van der Waals surface area contributed by atoms with E-state index >= 15 is 0 Å². The molecular formula is C17H25NO5. The summed E-state index contributed by atoms with van der Waals surface area (Å²) in [5.74, 6) is -1.77. The van der Waals surface area contributed by atoms with Crippen molar-refractivity contribution in [2.75, 3.05) is 0 Å². The molecule has 0 aliphatic heterocycles. The van der Waals surface area contributed by atoms with Gasteiger partial charge in [-0.05, 0) is 55.8 Å². The van der Waals surface area contributed by atoms with Gasteiger partial charge in [0.05, 0.1) is 5.41 Å². The lowest BCUT2D eigenvalue weighted by Crippen LogP contribution is -2.70. The van der Waals surface area contributed by atoms with E-state index in [0.29, 0.717) is 32.1 Å². The van der Waals surface area contributed by atoms with Crippen molar-refractivity contribution in [1.29, 1.82) is 0 Å². The number of carboxylic acids is 2. The molecule has 6 heteroatoms. The van der Waals surface area contributed by atoms with Crippen LogP contribution in [0.2, 0.25) is 0 Å². The third-order valence-electron chi connectivity index (χ3n) is 6.20. The highest BCUT2D eigenvalue weighted by Gasteiger charge is 2.69. The highest BCUT2D eigenvalue weighted by atomic mass is 16.4. The summed E-state index contributed by atoms with van der Waals surface area (Å²) in [6.45, 7) is 3.58. The lowest BCUT2D eigenvalue weighted by molar-refractivity contribution is -0.200. The van der Waals surface area contributed by atoms with E-state index in [1.807, 2.05) is 0 Å². The summed E-state index contributed by atoms with van der Waals surface area (Å²) < 4.78 is 0. The number of rotatable bonds is 5. The summed E-state index contributed by atoms with van der Waals surface area (Å²) in [5.41, 5.74) is -1.76. The number of amides is 1. The maximum absolute atomic E-state index is 12.1. The molecule has 0 aromatic carbocycles. The first kappa shape index (κ1) is 16.3. The van der Waals surface area contributed by atoms with Crippen LogP contribution in [0.4, 0.5) is 0 Å². The highest BCUT2D eigenvalue weighted by molar-refractivity contribution is 5.78. The molecule has 4 aliphatic carbocycles. The lowest BCUT2D eigenvalue weighted by Gasteiger charge is -2.69. The van der Waals surface area contributed by atoms with Gasteiger partial charge in [0.15, 0.2) is 0 Å². The van der Waals surface area contributed by atoms with Gasteiger partial charge in [-0.25, -0.2) is 0 Å². The summed E-state index contributed by atoms with van der Waals surface area (Å²) in [6, 6.07) is 0. The average Bonchev–Trinajstić information content (AvgIpc) is 2.31. The Bertz CT molecular complexity index is 590. The molecule has 0 saturated heterocycles. The van der Waals surface area contributed by atoms with Crippen molar-refractivity contribution in [3.05, 3.63) is 0 Å². The zero-order valence-electron chi connectivity index (χ0n) is 13.8. The van der Waals surface area contributed by atoms with Crippen molar-refractivity contribution in [2.45, 2.75) is 70.8 Å². The van der Waals surface area contributed by atoms with Gasteiger partial charge in [0.2, 0.25) is 5.91 Å². The van der Waals surface area contributed by atoms with E-state index in [2.05, 4.69) is 12.2 Å². The zero-order valence-corrected chi connectivity index (χ0v) is 13.8. The van der Waals surface area contributed by atoms with Crippen LogP contribution in [0.5, 0.6) is 0 Å². The molecular weight excluding hydrogens is 298 g/mol. The maximum atomic E-state index is 12.1. The van der Waals surface area contributed by atoms with Gasteiger partial charge >= 0.3 is 11.9 Å². The second-order valence-electron chi connectivity index (χ2n) is 8.81. The van der Waals surface area contributed by atoms with E-state index in [9.17, 15) is 19.5 Å². The van der Waals surface area contributed by atoms with Gasteiger partial charge in [0.1, 0.15) is 0 Å². The molecule has 4 fully saturated rings. The monoisotopic (exact) mass is 323 g/mol. The van der Waals surface area contributed by atoms with Crippen LogP contribution in [0.3, 0.4) is 0 Å². The normalized spacial score (nSPS) is 44.1. The van der Waals surface area contributed by atoms with Crippen LogP contribution >= 0.6 is 0 Å². The molecule has 0 heterocycles. The first-order chi connectivity index (χ1) is 10.5. The van der Waals surface area contributed by atoms with Gasteiger partial charge in [-0.1, -0.05) is 6.92 Å². The minimum atomic E-state index is -0.844. The summed E-state index contributed by atoms with van der Waals surface area (Å²) in [5, 5.41) is 22.0. The second-order valence-corrected chi connectivity index (χ2v) is 8.81. The van der Waals surface area contributed by atoms with Crippen molar-refractivity contribution >= 4 is 17.8 Å². The molecule has 0 aromatic heterocycles. The molecule has 0 aromatic rings. The number of nitrogens with one attached hydrogen (secondary N) is 1. The molecule has 6 nitrogen and oxygen atoms in total. The molecule has 4 saturated carbocycles. The van der Waals surface area contributed by atoms with Gasteiger partial charge in [0.25, 0.3) is 0 Å². The fraction of sp³-hybridized carbons (Fsp3) is 0.824. The van der Waals surface area contributed by atoms with Gasteiger partial charge in [-0.2, -0.15) is 0 Å². The molecule has 4 bridgehead atoms. The van der Waals surface area contributed by atoms with Gasteiger partial charge < -0.3 is 15.5 Å². The van der Waals surface area contributed by atoms with Crippen LogP contribution in [0.15, 0.2) is 0 Å². The van der Waals surface area contributed by atoms with Crippen LogP contribution in [0.25, 0.3) is 0 Å². The number of hydrogen-bond acceptors (Lipinski definition) is 3. The Hall–Kier alpha value is -1.59. The minimum Gasteiger partial charge on any atom is -0.481 e. The van der Waals surface area contributed by atoms with E-state index in [1.165, 1.54) is 6.92 Å².